The first kappa shape index (κ1) is 15.5. The first-order chi connectivity index (χ1) is 11.2. The van der Waals surface area contributed by atoms with Crippen molar-refractivity contribution in [1.29, 1.82) is 0 Å². The molecule has 0 radical (unpaired) electrons. The molecule has 0 aliphatic carbocycles. The molecule has 4 nitrogen and oxygen atoms in total. The maximum atomic E-state index is 12.9. The Hall–Kier alpha value is -2.36. The number of carbonyl (C=O) groups excluding carboxylic acids is 1. The first-order valence-corrected chi connectivity index (χ1v) is 8.32. The second kappa shape index (κ2) is 6.82. The van der Waals surface area contributed by atoms with E-state index in [4.69, 9.17) is 0 Å². The molecule has 1 N–H and O–H groups in total. The Kier molecular flexibility index (Phi) is 4.60. The number of nitrogens with zero attached hydrogens (tertiary/aromatic N) is 2. The van der Waals surface area contributed by atoms with Gasteiger partial charge in [0.15, 0.2) is 0 Å². The van der Waals surface area contributed by atoms with E-state index in [1.54, 1.807) is 6.20 Å². The van der Waals surface area contributed by atoms with Gasteiger partial charge in [-0.15, -0.1) is 0 Å². The van der Waals surface area contributed by atoms with E-state index in [0.29, 0.717) is 5.69 Å². The quantitative estimate of drug-likeness (QED) is 0.852. The van der Waals surface area contributed by atoms with Crippen LogP contribution in [0.3, 0.4) is 0 Å². The molecule has 1 aliphatic rings. The number of amides is 1. The van der Waals surface area contributed by atoms with E-state index in [9.17, 15) is 4.79 Å². The van der Waals surface area contributed by atoms with Crippen molar-refractivity contribution >= 4 is 17.3 Å². The zero-order valence-electron chi connectivity index (χ0n) is 13.7. The molecule has 3 rings (SSSR count). The predicted octanol–water partition coefficient (Wildman–Crippen LogP) is 3.89. The second-order valence-corrected chi connectivity index (χ2v) is 6.07. The predicted molar refractivity (Wildman–Crippen MR) is 94.1 cm³/mol. The molecule has 0 fully saturated rings. The van der Waals surface area contributed by atoms with Crippen LogP contribution >= 0.6 is 0 Å². The number of pyridine rings is 1. The summed E-state index contributed by atoms with van der Waals surface area (Å²) in [6, 6.07) is 12.0. The van der Waals surface area contributed by atoms with Gasteiger partial charge in [-0.05, 0) is 43.5 Å². The zero-order valence-corrected chi connectivity index (χ0v) is 13.7. The van der Waals surface area contributed by atoms with Crippen LogP contribution in [0.5, 0.6) is 0 Å². The molecule has 1 aromatic heterocycles. The summed E-state index contributed by atoms with van der Waals surface area (Å²) in [5.74, 6) is -0.0263. The van der Waals surface area contributed by atoms with E-state index < -0.39 is 0 Å². The summed E-state index contributed by atoms with van der Waals surface area (Å²) in [6.07, 6.45) is 4.86. The van der Waals surface area contributed by atoms with Gasteiger partial charge in [-0.2, -0.15) is 0 Å². The van der Waals surface area contributed by atoms with Gasteiger partial charge in [0.1, 0.15) is 5.69 Å². The molecule has 1 aromatic carbocycles. The Morgan fingerprint density at radius 3 is 3.00 bits per heavy atom. The van der Waals surface area contributed by atoms with Gasteiger partial charge in [0, 0.05) is 30.2 Å². The summed E-state index contributed by atoms with van der Waals surface area (Å²) in [4.78, 5) is 19.1. The summed E-state index contributed by atoms with van der Waals surface area (Å²) in [5, 5.41) is 3.35. The Morgan fingerprint density at radius 2 is 2.17 bits per heavy atom. The highest BCUT2D eigenvalue weighted by Gasteiger charge is 2.31. The largest absolute Gasteiger partial charge is 0.385 e. The Bertz CT molecular complexity index is 699. The summed E-state index contributed by atoms with van der Waals surface area (Å²) in [6.45, 7) is 5.16. The molecule has 120 valence electrons. The monoisotopic (exact) mass is 309 g/mol. The number of para-hydroxylation sites is 1. The molecule has 4 heteroatoms. The molecule has 0 saturated heterocycles. The fourth-order valence-electron chi connectivity index (χ4n) is 3.07. The lowest BCUT2D eigenvalue weighted by atomic mass is 10.1. The van der Waals surface area contributed by atoms with Crippen LogP contribution < -0.4 is 10.2 Å². The van der Waals surface area contributed by atoms with Crippen molar-refractivity contribution < 1.29 is 4.79 Å². The molecule has 0 saturated carbocycles. The fourth-order valence-corrected chi connectivity index (χ4v) is 3.07. The summed E-state index contributed by atoms with van der Waals surface area (Å²) < 4.78 is 0. The minimum atomic E-state index is -0.0263. The number of carbonyl (C=O) groups is 1. The average molecular weight is 309 g/mol. The maximum Gasteiger partial charge on any atom is 0.277 e. The SMILES string of the molecule is CCCCNc1ccnc(C(=O)N2c3ccccc3CC2C)c1. The molecule has 1 atom stereocenters. The molecular weight excluding hydrogens is 286 g/mol. The molecule has 23 heavy (non-hydrogen) atoms. The van der Waals surface area contributed by atoms with Crippen molar-refractivity contribution in [1.82, 2.24) is 4.98 Å². The molecule has 2 aromatic rings. The minimum absolute atomic E-state index is 0.0263. The summed E-state index contributed by atoms with van der Waals surface area (Å²) in [7, 11) is 0. The third-order valence-electron chi connectivity index (χ3n) is 4.26. The van der Waals surface area contributed by atoms with Gasteiger partial charge in [-0.3, -0.25) is 9.78 Å². The van der Waals surface area contributed by atoms with Gasteiger partial charge < -0.3 is 10.2 Å². The highest BCUT2D eigenvalue weighted by Crippen LogP contribution is 2.32. The lowest BCUT2D eigenvalue weighted by Gasteiger charge is -2.22. The number of rotatable bonds is 5. The third kappa shape index (κ3) is 3.21. The van der Waals surface area contributed by atoms with Crippen LogP contribution in [-0.4, -0.2) is 23.5 Å². The van der Waals surface area contributed by atoms with Crippen LogP contribution in [0.1, 0.15) is 42.7 Å². The van der Waals surface area contributed by atoms with Gasteiger partial charge in [0.25, 0.3) is 5.91 Å². The number of benzene rings is 1. The van der Waals surface area contributed by atoms with Crippen LogP contribution in [0.4, 0.5) is 11.4 Å². The molecule has 0 spiro atoms. The fraction of sp³-hybridized carbons (Fsp3) is 0.368. The number of hydrogen-bond acceptors (Lipinski definition) is 3. The standard InChI is InChI=1S/C19H23N3O/c1-3-4-10-20-16-9-11-21-17(13-16)19(23)22-14(2)12-15-7-5-6-8-18(15)22/h5-9,11,13-14H,3-4,10,12H2,1-2H3,(H,20,21). The van der Waals surface area contributed by atoms with Crippen molar-refractivity contribution in [2.45, 2.75) is 39.2 Å². The van der Waals surface area contributed by atoms with Crippen molar-refractivity contribution in [3.8, 4) is 0 Å². The van der Waals surface area contributed by atoms with Gasteiger partial charge in [0.2, 0.25) is 0 Å². The highest BCUT2D eigenvalue weighted by atomic mass is 16.2. The molecule has 1 aliphatic heterocycles. The van der Waals surface area contributed by atoms with E-state index in [0.717, 1.165) is 37.2 Å². The number of hydrogen-bond donors (Lipinski definition) is 1. The summed E-state index contributed by atoms with van der Waals surface area (Å²) in [5.41, 5.74) is 3.69. The average Bonchev–Trinajstić information content (AvgIpc) is 2.90. The molecule has 2 heterocycles. The third-order valence-corrected chi connectivity index (χ3v) is 4.26. The number of anilines is 2. The number of unbranched alkanes of at least 4 members (excludes halogenated alkanes) is 1. The molecule has 1 amide bonds. The van der Waals surface area contributed by atoms with E-state index in [-0.39, 0.29) is 11.9 Å². The lowest BCUT2D eigenvalue weighted by Crippen LogP contribution is -2.36. The highest BCUT2D eigenvalue weighted by molar-refractivity contribution is 6.06. The number of aromatic nitrogens is 1. The van der Waals surface area contributed by atoms with Gasteiger partial charge in [-0.1, -0.05) is 31.5 Å². The Morgan fingerprint density at radius 1 is 1.35 bits per heavy atom. The van der Waals surface area contributed by atoms with E-state index in [1.165, 1.54) is 5.56 Å². The van der Waals surface area contributed by atoms with Crippen LogP contribution in [0.25, 0.3) is 0 Å². The first-order valence-electron chi connectivity index (χ1n) is 8.32. The maximum absolute atomic E-state index is 12.9. The van der Waals surface area contributed by atoms with Crippen molar-refractivity contribution in [2.24, 2.45) is 0 Å². The van der Waals surface area contributed by atoms with Crippen molar-refractivity contribution in [3.05, 3.63) is 53.9 Å². The van der Waals surface area contributed by atoms with Crippen LogP contribution in [0.2, 0.25) is 0 Å². The Balaban J connectivity index is 1.82. The topological polar surface area (TPSA) is 45.2 Å². The Labute approximate surface area is 137 Å². The smallest absolute Gasteiger partial charge is 0.277 e. The normalized spacial score (nSPS) is 16.3. The van der Waals surface area contributed by atoms with E-state index in [2.05, 4.69) is 30.2 Å². The lowest BCUT2D eigenvalue weighted by molar-refractivity contribution is 0.0976. The van der Waals surface area contributed by atoms with Crippen LogP contribution in [0, 0.1) is 0 Å². The number of nitrogens with one attached hydrogen (secondary N) is 1. The minimum Gasteiger partial charge on any atom is -0.385 e. The van der Waals surface area contributed by atoms with E-state index in [1.807, 2.05) is 35.2 Å². The molecule has 0 bridgehead atoms. The van der Waals surface area contributed by atoms with Gasteiger partial charge >= 0.3 is 0 Å². The van der Waals surface area contributed by atoms with Gasteiger partial charge in [-0.25, -0.2) is 0 Å². The number of fused-ring (bicyclic) bond motifs is 1. The second-order valence-electron chi connectivity index (χ2n) is 6.07. The molecule has 1 unspecified atom stereocenters. The van der Waals surface area contributed by atoms with Crippen molar-refractivity contribution in [3.63, 3.8) is 0 Å². The van der Waals surface area contributed by atoms with E-state index >= 15 is 0 Å². The molecular formula is C19H23N3O. The van der Waals surface area contributed by atoms with Crippen LogP contribution in [-0.2, 0) is 6.42 Å². The zero-order chi connectivity index (χ0) is 16.2. The van der Waals surface area contributed by atoms with Crippen molar-refractivity contribution in [2.75, 3.05) is 16.8 Å². The van der Waals surface area contributed by atoms with Gasteiger partial charge in [0.05, 0.1) is 0 Å². The summed E-state index contributed by atoms with van der Waals surface area (Å²) >= 11 is 0. The van der Waals surface area contributed by atoms with Crippen LogP contribution in [0.15, 0.2) is 42.6 Å².